The third-order valence-electron chi connectivity index (χ3n) is 3.34. The molecule has 0 saturated heterocycles. The molecule has 110 valence electrons. The SMILES string of the molecule is [C-]#[N+]c1c(C)nc2/c(=C\c3cc(Cl)c(O)c(Cl)c3)c(C)nn12. The van der Waals surface area contributed by atoms with Crippen LogP contribution in [0.4, 0.5) is 5.82 Å². The molecule has 0 spiro atoms. The van der Waals surface area contributed by atoms with Crippen molar-refractivity contribution < 1.29 is 5.11 Å². The maximum absolute atomic E-state index is 9.62. The second-order valence-corrected chi connectivity index (χ2v) is 5.66. The van der Waals surface area contributed by atoms with Crippen LogP contribution in [0.25, 0.3) is 16.6 Å². The first kappa shape index (κ1) is 14.6. The van der Waals surface area contributed by atoms with Crippen LogP contribution in [0.15, 0.2) is 12.1 Å². The van der Waals surface area contributed by atoms with Gasteiger partial charge in [-0.15, -0.1) is 4.52 Å². The molecule has 5 nitrogen and oxygen atoms in total. The number of aromatic hydroxyl groups is 1. The molecule has 0 radical (unpaired) electrons. The van der Waals surface area contributed by atoms with Gasteiger partial charge in [-0.2, -0.15) is 0 Å². The highest BCUT2D eigenvalue weighted by Crippen LogP contribution is 2.33. The molecule has 0 aliphatic rings. The molecule has 2 heterocycles. The smallest absolute Gasteiger partial charge is 0.278 e. The van der Waals surface area contributed by atoms with Gasteiger partial charge in [-0.3, -0.25) is 0 Å². The van der Waals surface area contributed by atoms with Gasteiger partial charge in [-0.25, -0.2) is 4.98 Å². The molecule has 0 unspecified atom stereocenters. The van der Waals surface area contributed by atoms with Crippen molar-refractivity contribution in [1.82, 2.24) is 14.6 Å². The van der Waals surface area contributed by atoms with E-state index in [9.17, 15) is 5.11 Å². The average molecular weight is 333 g/mol. The minimum Gasteiger partial charge on any atom is -0.505 e. The molecule has 2 aromatic heterocycles. The second kappa shape index (κ2) is 5.16. The highest BCUT2D eigenvalue weighted by Gasteiger charge is 2.16. The van der Waals surface area contributed by atoms with Crippen molar-refractivity contribution in [3.05, 3.63) is 55.8 Å². The Hall–Kier alpha value is -2.29. The van der Waals surface area contributed by atoms with Crippen LogP contribution in [0.2, 0.25) is 10.0 Å². The van der Waals surface area contributed by atoms with Gasteiger partial charge in [0.1, 0.15) is 0 Å². The summed E-state index contributed by atoms with van der Waals surface area (Å²) in [5.74, 6) is 0.259. The van der Waals surface area contributed by atoms with E-state index in [1.807, 2.05) is 13.0 Å². The maximum atomic E-state index is 9.62. The second-order valence-electron chi connectivity index (χ2n) is 4.84. The van der Waals surface area contributed by atoms with Crippen LogP contribution in [0.1, 0.15) is 17.0 Å². The lowest BCUT2D eigenvalue weighted by molar-refractivity contribution is 0.476. The summed E-state index contributed by atoms with van der Waals surface area (Å²) in [6.07, 6.45) is 1.83. The van der Waals surface area contributed by atoms with Gasteiger partial charge < -0.3 is 9.95 Å². The summed E-state index contributed by atoms with van der Waals surface area (Å²) in [5.41, 5.74) is 2.71. The van der Waals surface area contributed by atoms with Gasteiger partial charge in [-0.1, -0.05) is 34.9 Å². The van der Waals surface area contributed by atoms with E-state index in [0.29, 0.717) is 17.2 Å². The van der Waals surface area contributed by atoms with Crippen LogP contribution in [0.5, 0.6) is 5.75 Å². The van der Waals surface area contributed by atoms with Crippen molar-refractivity contribution >= 4 is 40.7 Å². The normalized spacial score (nSPS) is 12.0. The first-order valence-electron chi connectivity index (χ1n) is 6.35. The predicted octanol–water partition coefficient (Wildman–Crippen LogP) is 3.46. The minimum atomic E-state index is -0.144. The Morgan fingerprint density at radius 2 is 1.86 bits per heavy atom. The standard InChI is InChI=1S/C15H10Cl2N4O/c1-7-10(4-9-5-11(16)13(22)12(17)6-9)15-19-8(2)14(18-3)21(15)20-7/h4-6,22H,1-2H3/b10-4-. The molecule has 0 saturated carbocycles. The first-order chi connectivity index (χ1) is 10.4. The van der Waals surface area contributed by atoms with Gasteiger partial charge in [0, 0.05) is 0 Å². The molecule has 1 N–H and O–H groups in total. The molecule has 0 aliphatic carbocycles. The van der Waals surface area contributed by atoms with Crippen LogP contribution >= 0.6 is 23.2 Å². The highest BCUT2D eigenvalue weighted by atomic mass is 35.5. The Labute approximate surface area is 136 Å². The Morgan fingerprint density at radius 3 is 2.45 bits per heavy atom. The summed E-state index contributed by atoms with van der Waals surface area (Å²) >= 11 is 11.9. The fourth-order valence-corrected chi connectivity index (χ4v) is 2.78. The number of benzene rings is 1. The van der Waals surface area contributed by atoms with E-state index in [2.05, 4.69) is 14.9 Å². The Morgan fingerprint density at radius 1 is 1.23 bits per heavy atom. The number of nitrogens with zero attached hydrogens (tertiary/aromatic N) is 4. The van der Waals surface area contributed by atoms with Gasteiger partial charge in [0.25, 0.3) is 5.82 Å². The van der Waals surface area contributed by atoms with E-state index in [1.165, 1.54) is 4.52 Å². The summed E-state index contributed by atoms with van der Waals surface area (Å²) in [5, 5.41) is 15.1. The summed E-state index contributed by atoms with van der Waals surface area (Å²) < 4.78 is 1.53. The van der Waals surface area contributed by atoms with Crippen molar-refractivity contribution in [3.63, 3.8) is 0 Å². The number of hydrogen-bond acceptors (Lipinski definition) is 3. The van der Waals surface area contributed by atoms with Gasteiger partial charge in [0.15, 0.2) is 5.75 Å². The third kappa shape index (κ3) is 2.17. The van der Waals surface area contributed by atoms with E-state index in [1.54, 1.807) is 19.1 Å². The molecular weight excluding hydrogens is 323 g/mol. The van der Waals surface area contributed by atoms with Crippen LogP contribution in [0.3, 0.4) is 0 Å². The lowest BCUT2D eigenvalue weighted by Crippen LogP contribution is -2.03. The van der Waals surface area contributed by atoms with E-state index in [4.69, 9.17) is 29.8 Å². The number of imidazole rings is 1. The van der Waals surface area contributed by atoms with E-state index >= 15 is 0 Å². The highest BCUT2D eigenvalue weighted by molar-refractivity contribution is 6.37. The number of fused-ring (bicyclic) bond motifs is 1. The molecule has 0 bridgehead atoms. The van der Waals surface area contributed by atoms with Crippen LogP contribution in [-0.2, 0) is 0 Å². The largest absolute Gasteiger partial charge is 0.505 e. The van der Waals surface area contributed by atoms with E-state index in [0.717, 1.165) is 16.5 Å². The average Bonchev–Trinajstić information content (AvgIpc) is 2.91. The van der Waals surface area contributed by atoms with Crippen molar-refractivity contribution in [2.45, 2.75) is 13.8 Å². The number of aryl methyl sites for hydroxylation is 2. The minimum absolute atomic E-state index is 0.144. The lowest BCUT2D eigenvalue weighted by Gasteiger charge is -2.01. The molecule has 0 fully saturated rings. The predicted molar refractivity (Wildman–Crippen MR) is 85.6 cm³/mol. The van der Waals surface area contributed by atoms with Crippen molar-refractivity contribution in [3.8, 4) is 5.75 Å². The van der Waals surface area contributed by atoms with Crippen LogP contribution in [0, 0.1) is 20.4 Å². The van der Waals surface area contributed by atoms with Gasteiger partial charge in [-0.05, 0) is 37.6 Å². The fraction of sp³-hybridized carbons (Fsp3) is 0.133. The fourth-order valence-electron chi connectivity index (χ4n) is 2.28. The van der Waals surface area contributed by atoms with Crippen LogP contribution < -0.4 is 5.22 Å². The zero-order valence-electron chi connectivity index (χ0n) is 11.7. The molecule has 7 heteroatoms. The van der Waals surface area contributed by atoms with Crippen molar-refractivity contribution in [2.75, 3.05) is 0 Å². The molecule has 0 atom stereocenters. The zero-order valence-corrected chi connectivity index (χ0v) is 13.2. The third-order valence-corrected chi connectivity index (χ3v) is 3.91. The van der Waals surface area contributed by atoms with Crippen molar-refractivity contribution in [2.24, 2.45) is 0 Å². The first-order valence-corrected chi connectivity index (χ1v) is 7.10. The number of halogens is 2. The molecule has 0 aliphatic heterocycles. The van der Waals surface area contributed by atoms with Gasteiger partial charge in [0.05, 0.1) is 26.7 Å². The molecule has 3 aromatic rings. The quantitative estimate of drug-likeness (QED) is 0.694. The number of phenolic OH excluding ortho intramolecular Hbond substituents is 1. The number of phenols is 1. The Balaban J connectivity index is 2.31. The number of aromatic nitrogens is 3. The monoisotopic (exact) mass is 332 g/mol. The number of hydrogen-bond donors (Lipinski definition) is 1. The van der Waals surface area contributed by atoms with Crippen molar-refractivity contribution in [1.29, 1.82) is 0 Å². The number of rotatable bonds is 1. The summed E-state index contributed by atoms with van der Waals surface area (Å²) in [6, 6.07) is 3.22. The molecule has 22 heavy (non-hydrogen) atoms. The Bertz CT molecular complexity index is 978. The molecule has 1 aromatic carbocycles. The Kier molecular flexibility index (Phi) is 3.44. The summed E-state index contributed by atoms with van der Waals surface area (Å²) in [4.78, 5) is 7.86. The topological polar surface area (TPSA) is 54.8 Å². The molecule has 0 amide bonds. The van der Waals surface area contributed by atoms with Gasteiger partial charge in [0.2, 0.25) is 5.65 Å². The molecule has 3 rings (SSSR count). The lowest BCUT2D eigenvalue weighted by atomic mass is 10.1. The summed E-state index contributed by atoms with van der Waals surface area (Å²) in [6.45, 7) is 10.8. The molecular formula is C15H10Cl2N4O. The van der Waals surface area contributed by atoms with E-state index < -0.39 is 0 Å². The van der Waals surface area contributed by atoms with E-state index in [-0.39, 0.29) is 15.8 Å². The van der Waals surface area contributed by atoms with Gasteiger partial charge >= 0.3 is 0 Å². The zero-order chi connectivity index (χ0) is 16.0. The van der Waals surface area contributed by atoms with Crippen LogP contribution in [-0.4, -0.2) is 19.7 Å². The summed E-state index contributed by atoms with van der Waals surface area (Å²) in [7, 11) is 0. The maximum Gasteiger partial charge on any atom is 0.278 e.